The molecule has 1 heterocycles. The van der Waals surface area contributed by atoms with Crippen LogP contribution in [-0.2, 0) is 0 Å². The fourth-order valence-electron chi connectivity index (χ4n) is 1.89. The van der Waals surface area contributed by atoms with Gasteiger partial charge in [-0.3, -0.25) is 0 Å². The number of aromatic nitrogens is 1. The van der Waals surface area contributed by atoms with Gasteiger partial charge in [0.2, 0.25) is 0 Å². The Bertz CT molecular complexity index is 707. The maximum Gasteiger partial charge on any atom is 0.123 e. The lowest BCUT2D eigenvalue weighted by atomic mass is 10.1. The number of pyridine rings is 1. The van der Waals surface area contributed by atoms with Crippen molar-refractivity contribution in [3.8, 4) is 17.0 Å². The van der Waals surface area contributed by atoms with Crippen LogP contribution >= 0.6 is 0 Å². The zero-order chi connectivity index (χ0) is 12.5. The zero-order valence-corrected chi connectivity index (χ0v) is 9.47. The lowest BCUT2D eigenvalue weighted by molar-refractivity contribution is 0.476. The average molecular weight is 239 g/mol. The van der Waals surface area contributed by atoms with Crippen LogP contribution in [0.15, 0.2) is 54.6 Å². The minimum absolute atomic E-state index is 0.221. The van der Waals surface area contributed by atoms with Gasteiger partial charge >= 0.3 is 0 Å². The van der Waals surface area contributed by atoms with Crippen molar-refractivity contribution in [2.24, 2.45) is 0 Å². The molecule has 0 aliphatic carbocycles. The van der Waals surface area contributed by atoms with Gasteiger partial charge < -0.3 is 5.11 Å². The number of aromatic hydroxyl groups is 1. The molecule has 0 bridgehead atoms. The molecule has 3 aromatic rings. The average Bonchev–Trinajstić information content (AvgIpc) is 2.39. The third-order valence-electron chi connectivity index (χ3n) is 2.81. The standard InChI is InChI=1S/C15H10FNO/c16-12-4-1-10(2-5-12)14-7-3-11-9-13(18)6-8-15(11)17-14/h1-9,18H. The highest BCUT2D eigenvalue weighted by atomic mass is 19.1. The SMILES string of the molecule is Oc1ccc2nc(-c3ccc(F)cc3)ccc2c1. The van der Waals surface area contributed by atoms with Crippen LogP contribution in [0, 0.1) is 5.82 Å². The molecule has 0 aliphatic heterocycles. The predicted molar refractivity (Wildman–Crippen MR) is 68.8 cm³/mol. The molecule has 0 spiro atoms. The summed E-state index contributed by atoms with van der Waals surface area (Å²) in [6, 6.07) is 15.0. The Morgan fingerprint density at radius 3 is 2.44 bits per heavy atom. The van der Waals surface area contributed by atoms with E-state index in [1.165, 1.54) is 12.1 Å². The first-order valence-corrected chi connectivity index (χ1v) is 5.58. The molecule has 3 heteroatoms. The second kappa shape index (κ2) is 4.11. The van der Waals surface area contributed by atoms with Crippen molar-refractivity contribution >= 4 is 10.9 Å². The van der Waals surface area contributed by atoms with Gasteiger partial charge in [0.05, 0.1) is 11.2 Å². The predicted octanol–water partition coefficient (Wildman–Crippen LogP) is 3.75. The molecule has 18 heavy (non-hydrogen) atoms. The van der Waals surface area contributed by atoms with Crippen molar-refractivity contribution < 1.29 is 9.50 Å². The molecular formula is C15H10FNO. The van der Waals surface area contributed by atoms with Crippen molar-refractivity contribution in [1.82, 2.24) is 4.98 Å². The molecule has 3 rings (SSSR count). The molecule has 0 saturated heterocycles. The summed E-state index contributed by atoms with van der Waals surface area (Å²) >= 11 is 0. The largest absolute Gasteiger partial charge is 0.508 e. The van der Waals surface area contributed by atoms with Gasteiger partial charge in [0.1, 0.15) is 11.6 Å². The lowest BCUT2D eigenvalue weighted by Gasteiger charge is -2.03. The van der Waals surface area contributed by atoms with Gasteiger partial charge in [-0.05, 0) is 48.5 Å². The van der Waals surface area contributed by atoms with Crippen LogP contribution in [0.1, 0.15) is 0 Å². The van der Waals surface area contributed by atoms with E-state index in [4.69, 9.17) is 0 Å². The van der Waals surface area contributed by atoms with Crippen LogP contribution in [0.2, 0.25) is 0 Å². The van der Waals surface area contributed by atoms with Gasteiger partial charge in [0.25, 0.3) is 0 Å². The van der Waals surface area contributed by atoms with E-state index in [9.17, 15) is 9.50 Å². The van der Waals surface area contributed by atoms with E-state index < -0.39 is 0 Å². The Kier molecular flexibility index (Phi) is 2.45. The van der Waals surface area contributed by atoms with Gasteiger partial charge in [0.15, 0.2) is 0 Å². The summed E-state index contributed by atoms with van der Waals surface area (Å²) < 4.78 is 12.9. The van der Waals surface area contributed by atoms with Gasteiger partial charge in [0, 0.05) is 10.9 Å². The minimum Gasteiger partial charge on any atom is -0.508 e. The number of hydrogen-bond acceptors (Lipinski definition) is 2. The van der Waals surface area contributed by atoms with E-state index in [1.54, 1.807) is 30.3 Å². The first kappa shape index (κ1) is 10.7. The van der Waals surface area contributed by atoms with Crippen LogP contribution in [0.25, 0.3) is 22.2 Å². The molecular weight excluding hydrogens is 229 g/mol. The van der Waals surface area contributed by atoms with Crippen molar-refractivity contribution in [3.05, 3.63) is 60.4 Å². The van der Waals surface area contributed by atoms with Gasteiger partial charge in [-0.1, -0.05) is 6.07 Å². The van der Waals surface area contributed by atoms with Gasteiger partial charge in [-0.15, -0.1) is 0 Å². The van der Waals surface area contributed by atoms with Crippen molar-refractivity contribution in [1.29, 1.82) is 0 Å². The van der Waals surface area contributed by atoms with E-state index in [0.717, 1.165) is 22.2 Å². The Balaban J connectivity index is 2.13. The Labute approximate surface area is 103 Å². The van der Waals surface area contributed by atoms with Gasteiger partial charge in [-0.2, -0.15) is 0 Å². The molecule has 0 atom stereocenters. The highest BCUT2D eigenvalue weighted by Crippen LogP contribution is 2.23. The number of rotatable bonds is 1. The topological polar surface area (TPSA) is 33.1 Å². The number of nitrogens with zero attached hydrogens (tertiary/aromatic N) is 1. The summed E-state index contributed by atoms with van der Waals surface area (Å²) in [5, 5.41) is 10.3. The molecule has 0 aliphatic rings. The summed E-state index contributed by atoms with van der Waals surface area (Å²) in [5.41, 5.74) is 2.45. The van der Waals surface area contributed by atoms with Crippen molar-refractivity contribution in [2.75, 3.05) is 0 Å². The summed E-state index contributed by atoms with van der Waals surface area (Å²) in [5.74, 6) is -0.0386. The Morgan fingerprint density at radius 2 is 1.67 bits per heavy atom. The fraction of sp³-hybridized carbons (Fsp3) is 0. The Hall–Kier alpha value is -2.42. The first-order chi connectivity index (χ1) is 8.72. The quantitative estimate of drug-likeness (QED) is 0.701. The van der Waals surface area contributed by atoms with E-state index >= 15 is 0 Å². The number of fused-ring (bicyclic) bond motifs is 1. The summed E-state index contributed by atoms with van der Waals surface area (Å²) in [7, 11) is 0. The maximum absolute atomic E-state index is 12.9. The second-order valence-electron chi connectivity index (χ2n) is 4.08. The molecule has 0 fully saturated rings. The summed E-state index contributed by atoms with van der Waals surface area (Å²) in [4.78, 5) is 4.48. The fourth-order valence-corrected chi connectivity index (χ4v) is 1.89. The number of halogens is 1. The normalized spacial score (nSPS) is 10.7. The zero-order valence-electron chi connectivity index (χ0n) is 9.47. The maximum atomic E-state index is 12.9. The van der Waals surface area contributed by atoms with Crippen LogP contribution in [0.3, 0.4) is 0 Å². The smallest absolute Gasteiger partial charge is 0.123 e. The molecule has 1 aromatic heterocycles. The summed E-state index contributed by atoms with van der Waals surface area (Å²) in [6.45, 7) is 0. The van der Waals surface area contributed by atoms with Crippen LogP contribution in [-0.4, -0.2) is 10.1 Å². The first-order valence-electron chi connectivity index (χ1n) is 5.58. The van der Waals surface area contributed by atoms with E-state index in [1.807, 2.05) is 12.1 Å². The molecule has 1 N–H and O–H groups in total. The minimum atomic E-state index is -0.260. The van der Waals surface area contributed by atoms with E-state index in [2.05, 4.69) is 4.98 Å². The van der Waals surface area contributed by atoms with Crippen LogP contribution in [0.5, 0.6) is 5.75 Å². The number of phenolic OH excluding ortho intramolecular Hbond substituents is 1. The van der Waals surface area contributed by atoms with Crippen molar-refractivity contribution in [3.63, 3.8) is 0 Å². The number of hydrogen-bond donors (Lipinski definition) is 1. The van der Waals surface area contributed by atoms with Gasteiger partial charge in [-0.25, -0.2) is 9.37 Å². The highest BCUT2D eigenvalue weighted by Gasteiger charge is 2.02. The lowest BCUT2D eigenvalue weighted by Crippen LogP contribution is -1.85. The molecule has 88 valence electrons. The van der Waals surface area contributed by atoms with E-state index in [0.29, 0.717) is 0 Å². The third kappa shape index (κ3) is 1.91. The molecule has 0 amide bonds. The second-order valence-corrected chi connectivity index (χ2v) is 4.08. The molecule has 2 nitrogen and oxygen atoms in total. The van der Waals surface area contributed by atoms with E-state index in [-0.39, 0.29) is 11.6 Å². The third-order valence-corrected chi connectivity index (χ3v) is 2.81. The monoisotopic (exact) mass is 239 g/mol. The van der Waals surface area contributed by atoms with Crippen molar-refractivity contribution in [2.45, 2.75) is 0 Å². The summed E-state index contributed by atoms with van der Waals surface area (Å²) in [6.07, 6.45) is 0. The van der Waals surface area contributed by atoms with Crippen LogP contribution in [0.4, 0.5) is 4.39 Å². The number of benzene rings is 2. The highest BCUT2D eigenvalue weighted by molar-refractivity contribution is 5.82. The number of phenols is 1. The Morgan fingerprint density at radius 1 is 0.889 bits per heavy atom. The molecule has 0 saturated carbocycles. The molecule has 0 radical (unpaired) electrons. The molecule has 2 aromatic carbocycles. The molecule has 0 unspecified atom stereocenters. The van der Waals surface area contributed by atoms with Crippen LogP contribution < -0.4 is 0 Å².